The number of amides is 2. The molecule has 0 aliphatic heterocycles. The molecule has 0 radical (unpaired) electrons. The highest BCUT2D eigenvalue weighted by Gasteiger charge is 2.14. The molecule has 0 aliphatic carbocycles. The lowest BCUT2D eigenvalue weighted by Gasteiger charge is -2.09. The first-order valence-corrected chi connectivity index (χ1v) is 9.88. The number of benzene rings is 2. The lowest BCUT2D eigenvalue weighted by atomic mass is 10.1. The molecule has 9 heteroatoms. The van der Waals surface area contributed by atoms with Crippen molar-refractivity contribution >= 4 is 11.8 Å². The Balaban J connectivity index is 1.47. The number of carbonyl (C=O) groups is 2. The van der Waals surface area contributed by atoms with Crippen LogP contribution in [-0.2, 0) is 13.1 Å². The summed E-state index contributed by atoms with van der Waals surface area (Å²) in [4.78, 5) is 32.8. The Kier molecular flexibility index (Phi) is 6.00. The van der Waals surface area contributed by atoms with Gasteiger partial charge in [0.2, 0.25) is 0 Å². The molecule has 0 unspecified atom stereocenters. The maximum absolute atomic E-state index is 12.7. The third-order valence-electron chi connectivity index (χ3n) is 4.85. The number of aromatic nitrogens is 4. The van der Waals surface area contributed by atoms with Crippen LogP contribution in [0.2, 0.25) is 0 Å². The minimum absolute atomic E-state index is 0.0263. The second kappa shape index (κ2) is 9.19. The second-order valence-electron chi connectivity index (χ2n) is 7.00. The van der Waals surface area contributed by atoms with E-state index in [-0.39, 0.29) is 18.1 Å². The summed E-state index contributed by atoms with van der Waals surface area (Å²) in [6.45, 7) is 0.427. The van der Waals surface area contributed by atoms with Gasteiger partial charge >= 0.3 is 0 Å². The van der Waals surface area contributed by atoms with Crippen LogP contribution < -0.4 is 16.8 Å². The van der Waals surface area contributed by atoms with Gasteiger partial charge in [0, 0.05) is 36.6 Å². The molecule has 4 rings (SSSR count). The normalized spacial score (nSPS) is 10.7. The van der Waals surface area contributed by atoms with E-state index in [2.05, 4.69) is 20.4 Å². The smallest absolute Gasteiger partial charge is 0.269 e. The van der Waals surface area contributed by atoms with E-state index in [4.69, 9.17) is 11.5 Å². The largest absolute Gasteiger partial charge is 0.364 e. The molecule has 0 atom stereocenters. The van der Waals surface area contributed by atoms with Crippen molar-refractivity contribution in [2.45, 2.75) is 13.1 Å². The Hall–Kier alpha value is -4.37. The molecule has 4 aromatic rings. The number of nitrogens with two attached hydrogens (primary N) is 2. The Morgan fingerprint density at radius 1 is 1.06 bits per heavy atom. The zero-order valence-corrected chi connectivity index (χ0v) is 17.1. The van der Waals surface area contributed by atoms with Crippen LogP contribution in [0.3, 0.4) is 0 Å². The predicted molar refractivity (Wildman–Crippen MR) is 119 cm³/mol. The average molecular weight is 427 g/mol. The van der Waals surface area contributed by atoms with Crippen LogP contribution in [0.5, 0.6) is 0 Å². The van der Waals surface area contributed by atoms with Crippen molar-refractivity contribution in [2.24, 2.45) is 11.5 Å². The van der Waals surface area contributed by atoms with Gasteiger partial charge in [-0.05, 0) is 35.9 Å². The van der Waals surface area contributed by atoms with Gasteiger partial charge in [-0.25, -0.2) is 9.67 Å². The first kappa shape index (κ1) is 20.9. The van der Waals surface area contributed by atoms with Crippen LogP contribution in [0.15, 0.2) is 73.2 Å². The zero-order chi connectivity index (χ0) is 22.5. The molecule has 32 heavy (non-hydrogen) atoms. The van der Waals surface area contributed by atoms with Crippen LogP contribution in [0.1, 0.15) is 32.1 Å². The van der Waals surface area contributed by atoms with Gasteiger partial charge < -0.3 is 16.8 Å². The minimum atomic E-state index is -0.702. The second-order valence-corrected chi connectivity index (χ2v) is 7.00. The highest BCUT2D eigenvalue weighted by atomic mass is 16.2. The average Bonchev–Trinajstić information content (AvgIpc) is 3.37. The van der Waals surface area contributed by atoms with E-state index in [0.717, 1.165) is 11.3 Å². The Labute approximate surface area is 184 Å². The van der Waals surface area contributed by atoms with Gasteiger partial charge in [0.05, 0.1) is 23.3 Å². The molecule has 2 aromatic carbocycles. The van der Waals surface area contributed by atoms with E-state index in [1.54, 1.807) is 35.1 Å². The maximum Gasteiger partial charge on any atom is 0.269 e. The molecule has 160 valence electrons. The Bertz CT molecular complexity index is 1250. The fraction of sp³-hybridized carbons (Fsp3) is 0.0870. The van der Waals surface area contributed by atoms with E-state index < -0.39 is 5.91 Å². The third kappa shape index (κ3) is 4.52. The molecule has 2 aromatic heterocycles. The molecule has 0 bridgehead atoms. The molecule has 2 amide bonds. The molecule has 0 aliphatic rings. The molecule has 0 saturated heterocycles. The SMILES string of the molecule is NCc1ncc(-c2cccc(C(=O)NCc3ccc(-n4cccn4)cc3)c2)nc1C(N)=O. The zero-order valence-electron chi connectivity index (χ0n) is 17.1. The number of nitrogens with one attached hydrogen (secondary N) is 1. The summed E-state index contributed by atoms with van der Waals surface area (Å²) >= 11 is 0. The lowest BCUT2D eigenvalue weighted by molar-refractivity contribution is 0.0949. The van der Waals surface area contributed by atoms with Crippen molar-refractivity contribution in [3.05, 3.63) is 95.7 Å². The molecule has 0 fully saturated rings. The van der Waals surface area contributed by atoms with Crippen molar-refractivity contribution in [3.8, 4) is 16.9 Å². The van der Waals surface area contributed by atoms with Gasteiger partial charge in [-0.2, -0.15) is 5.10 Å². The maximum atomic E-state index is 12.7. The molecule has 0 saturated carbocycles. The van der Waals surface area contributed by atoms with E-state index in [1.165, 1.54) is 6.20 Å². The van der Waals surface area contributed by atoms with Crippen molar-refractivity contribution < 1.29 is 9.59 Å². The highest BCUT2D eigenvalue weighted by molar-refractivity contribution is 5.95. The number of hydrogen-bond donors (Lipinski definition) is 3. The van der Waals surface area contributed by atoms with Crippen LogP contribution in [0.4, 0.5) is 0 Å². The summed E-state index contributed by atoms with van der Waals surface area (Å²) in [5.41, 5.74) is 14.7. The molecule has 5 N–H and O–H groups in total. The highest BCUT2D eigenvalue weighted by Crippen LogP contribution is 2.19. The standard InChI is InChI=1S/C23H21N7O2/c24-12-19-21(22(25)31)29-20(14-26-19)16-3-1-4-17(11-16)23(32)27-13-15-5-7-18(8-6-15)30-10-2-9-28-30/h1-11,14H,12-13,24H2,(H2,25,31)(H,27,32). The first-order valence-electron chi connectivity index (χ1n) is 9.88. The minimum Gasteiger partial charge on any atom is -0.364 e. The monoisotopic (exact) mass is 427 g/mol. The van der Waals surface area contributed by atoms with Crippen molar-refractivity contribution in [2.75, 3.05) is 0 Å². The summed E-state index contributed by atoms with van der Waals surface area (Å²) in [6.07, 6.45) is 5.09. The summed E-state index contributed by atoms with van der Waals surface area (Å²) in [5, 5.41) is 7.10. The van der Waals surface area contributed by atoms with E-state index in [9.17, 15) is 9.59 Å². The Morgan fingerprint density at radius 3 is 2.56 bits per heavy atom. The number of primary amides is 1. The fourth-order valence-electron chi connectivity index (χ4n) is 3.19. The molecule has 0 spiro atoms. The quantitative estimate of drug-likeness (QED) is 0.411. The lowest BCUT2D eigenvalue weighted by Crippen LogP contribution is -2.22. The van der Waals surface area contributed by atoms with Crippen molar-refractivity contribution in [1.82, 2.24) is 25.1 Å². The van der Waals surface area contributed by atoms with Gasteiger partial charge in [0.1, 0.15) is 0 Å². The van der Waals surface area contributed by atoms with Crippen molar-refractivity contribution in [3.63, 3.8) is 0 Å². The summed E-state index contributed by atoms with van der Waals surface area (Å²) in [6, 6.07) is 16.5. The number of rotatable bonds is 7. The number of hydrogen-bond acceptors (Lipinski definition) is 6. The van der Waals surface area contributed by atoms with Crippen LogP contribution in [-0.4, -0.2) is 31.6 Å². The van der Waals surface area contributed by atoms with Gasteiger partial charge in [-0.15, -0.1) is 0 Å². The van der Waals surface area contributed by atoms with Crippen LogP contribution in [0, 0.1) is 0 Å². The van der Waals surface area contributed by atoms with Crippen LogP contribution in [0.25, 0.3) is 16.9 Å². The van der Waals surface area contributed by atoms with Gasteiger partial charge in [0.25, 0.3) is 11.8 Å². The van der Waals surface area contributed by atoms with Gasteiger partial charge in [-0.3, -0.25) is 14.6 Å². The molecule has 2 heterocycles. The Morgan fingerprint density at radius 2 is 1.88 bits per heavy atom. The van der Waals surface area contributed by atoms with E-state index in [1.807, 2.05) is 36.5 Å². The van der Waals surface area contributed by atoms with E-state index >= 15 is 0 Å². The van der Waals surface area contributed by atoms with Crippen molar-refractivity contribution in [1.29, 1.82) is 0 Å². The fourth-order valence-corrected chi connectivity index (χ4v) is 3.19. The summed E-state index contributed by atoms with van der Waals surface area (Å²) in [7, 11) is 0. The summed E-state index contributed by atoms with van der Waals surface area (Å²) < 4.78 is 1.76. The number of carbonyl (C=O) groups excluding carboxylic acids is 2. The van der Waals surface area contributed by atoms with E-state index in [0.29, 0.717) is 29.1 Å². The molecular formula is C23H21N7O2. The first-order chi connectivity index (χ1) is 15.5. The molecule has 9 nitrogen and oxygen atoms in total. The molecular weight excluding hydrogens is 406 g/mol. The van der Waals surface area contributed by atoms with Gasteiger partial charge in [0.15, 0.2) is 5.69 Å². The topological polar surface area (TPSA) is 142 Å². The van der Waals surface area contributed by atoms with Crippen LogP contribution >= 0.6 is 0 Å². The third-order valence-corrected chi connectivity index (χ3v) is 4.85. The number of nitrogens with zero attached hydrogens (tertiary/aromatic N) is 4. The van der Waals surface area contributed by atoms with Gasteiger partial charge in [-0.1, -0.05) is 24.3 Å². The summed E-state index contributed by atoms with van der Waals surface area (Å²) in [5.74, 6) is -0.933. The predicted octanol–water partition coefficient (Wildman–Crippen LogP) is 1.82.